The Hall–Kier alpha value is -2.21. The highest BCUT2D eigenvalue weighted by molar-refractivity contribution is 7.17. The maximum Gasteiger partial charge on any atom is 0.234 e. The molecule has 7 rings (SSSR count). The first-order chi connectivity index (χ1) is 13.7. The second-order valence-electron chi connectivity index (χ2n) is 8.93. The van der Waals surface area contributed by atoms with Crippen molar-refractivity contribution in [3.63, 3.8) is 0 Å². The van der Waals surface area contributed by atoms with Crippen molar-refractivity contribution in [2.24, 2.45) is 17.8 Å². The Morgan fingerprint density at radius 2 is 1.75 bits per heavy atom. The molecule has 4 fully saturated rings. The van der Waals surface area contributed by atoms with E-state index in [0.29, 0.717) is 0 Å². The van der Waals surface area contributed by atoms with Gasteiger partial charge in [-0.2, -0.15) is 9.61 Å². The van der Waals surface area contributed by atoms with E-state index in [0.717, 1.165) is 44.9 Å². The van der Waals surface area contributed by atoms with Crippen molar-refractivity contribution < 1.29 is 4.74 Å². The van der Waals surface area contributed by atoms with Crippen molar-refractivity contribution in [3.8, 4) is 5.75 Å². The van der Waals surface area contributed by atoms with Crippen molar-refractivity contribution in [3.05, 3.63) is 40.7 Å². The van der Waals surface area contributed by atoms with Crippen LogP contribution in [0.25, 0.3) is 17.1 Å². The van der Waals surface area contributed by atoms with Gasteiger partial charge in [-0.05, 0) is 74.5 Å². The Bertz CT molecular complexity index is 1030. The van der Waals surface area contributed by atoms with Crippen LogP contribution in [-0.4, -0.2) is 26.9 Å². The molecule has 2 aromatic heterocycles. The molecule has 4 aliphatic carbocycles. The zero-order chi connectivity index (χ0) is 18.7. The molecule has 0 saturated heterocycles. The Labute approximate surface area is 168 Å². The fourth-order valence-electron chi connectivity index (χ4n) is 6.38. The Morgan fingerprint density at radius 3 is 2.46 bits per heavy atom. The van der Waals surface area contributed by atoms with Gasteiger partial charge in [-0.1, -0.05) is 29.5 Å². The number of benzene rings is 1. The molecule has 2 heterocycles. The minimum atomic E-state index is 0.214. The normalized spacial score (nSPS) is 31.2. The van der Waals surface area contributed by atoms with Gasteiger partial charge in [0.1, 0.15) is 10.8 Å². The van der Waals surface area contributed by atoms with E-state index < -0.39 is 0 Å². The largest absolute Gasteiger partial charge is 0.496 e. The van der Waals surface area contributed by atoms with Crippen LogP contribution in [-0.2, 0) is 5.41 Å². The molecule has 6 heteroatoms. The molecule has 0 unspecified atom stereocenters. The van der Waals surface area contributed by atoms with Crippen LogP contribution < -0.4 is 4.74 Å². The van der Waals surface area contributed by atoms with Crippen molar-refractivity contribution in [1.82, 2.24) is 19.8 Å². The van der Waals surface area contributed by atoms with E-state index in [1.165, 1.54) is 38.5 Å². The second kappa shape index (κ2) is 6.14. The number of nitrogens with zero attached hydrogens (tertiary/aromatic N) is 4. The molecule has 0 aliphatic heterocycles. The summed E-state index contributed by atoms with van der Waals surface area (Å²) in [6.07, 6.45) is 12.3. The second-order valence-corrected chi connectivity index (χ2v) is 9.92. The molecule has 4 bridgehead atoms. The summed E-state index contributed by atoms with van der Waals surface area (Å²) in [6, 6.07) is 8.03. The van der Waals surface area contributed by atoms with Gasteiger partial charge in [0.25, 0.3) is 0 Å². The first-order valence-electron chi connectivity index (χ1n) is 10.3. The molecule has 3 aromatic rings. The van der Waals surface area contributed by atoms with Crippen LogP contribution in [0.1, 0.15) is 54.9 Å². The Balaban J connectivity index is 1.35. The number of hydrogen-bond donors (Lipinski definition) is 0. The smallest absolute Gasteiger partial charge is 0.234 e. The maximum absolute atomic E-state index is 5.44. The first kappa shape index (κ1) is 16.7. The standard InChI is InChI=1S/C22H24N4OS/c1-27-18-5-3-2-4-17(18)6-7-19-25-26-20(23-24-21(26)28-19)22-11-14-8-15(12-22)10-16(9-14)13-22/h2-7,14-16H,8-13H2,1H3/b7-6+. The molecular weight excluding hydrogens is 368 g/mol. The summed E-state index contributed by atoms with van der Waals surface area (Å²) in [5, 5.41) is 15.0. The van der Waals surface area contributed by atoms with Gasteiger partial charge >= 0.3 is 0 Å². The monoisotopic (exact) mass is 392 g/mol. The van der Waals surface area contributed by atoms with Crippen LogP contribution in [0.5, 0.6) is 5.75 Å². The number of aromatic nitrogens is 4. The third kappa shape index (κ3) is 2.54. The Kier molecular flexibility index (Phi) is 3.67. The molecule has 1 aromatic carbocycles. The molecule has 144 valence electrons. The summed E-state index contributed by atoms with van der Waals surface area (Å²) in [7, 11) is 1.70. The van der Waals surface area contributed by atoms with Crippen LogP contribution in [0.15, 0.2) is 24.3 Å². The minimum absolute atomic E-state index is 0.214. The van der Waals surface area contributed by atoms with Crippen LogP contribution in [0.2, 0.25) is 0 Å². The average Bonchev–Trinajstić information content (AvgIpc) is 3.26. The molecule has 0 atom stereocenters. The van der Waals surface area contributed by atoms with E-state index in [4.69, 9.17) is 9.84 Å². The van der Waals surface area contributed by atoms with E-state index in [9.17, 15) is 0 Å². The fraction of sp³-hybridized carbons (Fsp3) is 0.500. The molecule has 0 N–H and O–H groups in total. The van der Waals surface area contributed by atoms with E-state index in [-0.39, 0.29) is 5.41 Å². The molecule has 4 saturated carbocycles. The summed E-state index contributed by atoms with van der Waals surface area (Å²) < 4.78 is 7.48. The fourth-order valence-corrected chi connectivity index (χ4v) is 7.12. The van der Waals surface area contributed by atoms with Gasteiger partial charge in [0, 0.05) is 11.0 Å². The summed E-state index contributed by atoms with van der Waals surface area (Å²) in [5.74, 6) is 4.66. The molecule has 0 amide bonds. The third-order valence-corrected chi connectivity index (χ3v) is 7.93. The molecule has 0 radical (unpaired) electrons. The van der Waals surface area contributed by atoms with Crippen LogP contribution in [0.4, 0.5) is 0 Å². The van der Waals surface area contributed by atoms with E-state index in [1.54, 1.807) is 18.4 Å². The van der Waals surface area contributed by atoms with Gasteiger partial charge in [0.15, 0.2) is 5.82 Å². The zero-order valence-corrected chi connectivity index (χ0v) is 16.9. The van der Waals surface area contributed by atoms with Crippen molar-refractivity contribution in [1.29, 1.82) is 0 Å². The highest BCUT2D eigenvalue weighted by atomic mass is 32.1. The molecule has 0 spiro atoms. The molecule has 4 aliphatic rings. The molecular formula is C22H24N4OS. The van der Waals surface area contributed by atoms with Crippen LogP contribution >= 0.6 is 11.3 Å². The lowest BCUT2D eigenvalue weighted by atomic mass is 9.49. The van der Waals surface area contributed by atoms with E-state index in [1.807, 2.05) is 22.7 Å². The first-order valence-corrected chi connectivity index (χ1v) is 11.1. The lowest BCUT2D eigenvalue weighted by Crippen LogP contribution is -2.49. The summed E-state index contributed by atoms with van der Waals surface area (Å²) in [5.41, 5.74) is 1.27. The van der Waals surface area contributed by atoms with Gasteiger partial charge < -0.3 is 4.74 Å². The Morgan fingerprint density at radius 1 is 1.04 bits per heavy atom. The summed E-state index contributed by atoms with van der Waals surface area (Å²) in [4.78, 5) is 0.908. The molecule has 28 heavy (non-hydrogen) atoms. The number of ether oxygens (including phenoxy) is 1. The maximum atomic E-state index is 5.44. The highest BCUT2D eigenvalue weighted by Gasteiger charge is 2.54. The highest BCUT2D eigenvalue weighted by Crippen LogP contribution is 2.60. The lowest BCUT2D eigenvalue weighted by molar-refractivity contribution is -0.0103. The number of methoxy groups -OCH3 is 1. The number of rotatable bonds is 4. The van der Waals surface area contributed by atoms with Crippen LogP contribution in [0.3, 0.4) is 0 Å². The summed E-state index contributed by atoms with van der Waals surface area (Å²) in [6.45, 7) is 0. The van der Waals surface area contributed by atoms with E-state index in [2.05, 4.69) is 28.4 Å². The predicted octanol–water partition coefficient (Wildman–Crippen LogP) is 4.83. The molecule has 5 nitrogen and oxygen atoms in total. The lowest BCUT2D eigenvalue weighted by Gasteiger charge is -2.55. The van der Waals surface area contributed by atoms with Gasteiger partial charge in [-0.25, -0.2) is 0 Å². The topological polar surface area (TPSA) is 52.3 Å². The van der Waals surface area contributed by atoms with Gasteiger partial charge in [0.05, 0.1) is 7.11 Å². The number of hydrogen-bond acceptors (Lipinski definition) is 5. The van der Waals surface area contributed by atoms with Gasteiger partial charge in [-0.3, -0.25) is 0 Å². The number of fused-ring (bicyclic) bond motifs is 1. The minimum Gasteiger partial charge on any atom is -0.496 e. The summed E-state index contributed by atoms with van der Waals surface area (Å²) >= 11 is 1.61. The van der Waals surface area contributed by atoms with Gasteiger partial charge in [-0.15, -0.1) is 10.2 Å². The van der Waals surface area contributed by atoms with Crippen molar-refractivity contribution in [2.45, 2.75) is 43.9 Å². The zero-order valence-electron chi connectivity index (χ0n) is 16.0. The SMILES string of the molecule is COc1ccccc1/C=C/c1nn2c(C34CC5CC(CC(C5)C3)C4)nnc2s1. The van der Waals surface area contributed by atoms with Gasteiger partial charge in [0.2, 0.25) is 4.96 Å². The quantitative estimate of drug-likeness (QED) is 0.638. The predicted molar refractivity (Wildman–Crippen MR) is 110 cm³/mol. The van der Waals surface area contributed by atoms with Crippen molar-refractivity contribution >= 4 is 28.4 Å². The van der Waals surface area contributed by atoms with E-state index >= 15 is 0 Å². The third-order valence-electron chi connectivity index (χ3n) is 7.06. The number of para-hydroxylation sites is 1. The average molecular weight is 393 g/mol. The van der Waals surface area contributed by atoms with Crippen LogP contribution in [0, 0.1) is 17.8 Å². The van der Waals surface area contributed by atoms with Crippen molar-refractivity contribution in [2.75, 3.05) is 7.11 Å².